The molecule has 0 atom stereocenters. The summed E-state index contributed by atoms with van der Waals surface area (Å²) in [6, 6.07) is 14.1. The summed E-state index contributed by atoms with van der Waals surface area (Å²) in [5, 5.41) is 3.11. The fourth-order valence-corrected chi connectivity index (χ4v) is 3.03. The number of benzene rings is 2. The number of amides is 2. The summed E-state index contributed by atoms with van der Waals surface area (Å²) in [5.41, 5.74) is 1.58. The van der Waals surface area contributed by atoms with Gasteiger partial charge in [0, 0.05) is 24.5 Å². The quantitative estimate of drug-likeness (QED) is 0.774. The van der Waals surface area contributed by atoms with E-state index in [1.807, 2.05) is 30.3 Å². The first-order valence-corrected chi connectivity index (χ1v) is 9.00. The third kappa shape index (κ3) is 4.86. The maximum Gasteiger partial charge on any atom is 0.340 e. The molecule has 0 spiro atoms. The Morgan fingerprint density at radius 1 is 1.15 bits per heavy atom. The second-order valence-electron chi connectivity index (χ2n) is 6.15. The minimum atomic E-state index is -0.670. The number of ether oxygens (including phenoxy) is 1. The lowest BCUT2D eigenvalue weighted by molar-refractivity contribution is -0.124. The summed E-state index contributed by atoms with van der Waals surface area (Å²) in [6.45, 7) is 0.477. The van der Waals surface area contributed by atoms with Gasteiger partial charge in [0.2, 0.25) is 5.91 Å². The van der Waals surface area contributed by atoms with Gasteiger partial charge < -0.3 is 15.0 Å². The van der Waals surface area contributed by atoms with Gasteiger partial charge in [-0.05, 0) is 30.2 Å². The van der Waals surface area contributed by atoms with Gasteiger partial charge in [-0.25, -0.2) is 4.79 Å². The third-order valence-corrected chi connectivity index (χ3v) is 4.45. The largest absolute Gasteiger partial charge is 0.452 e. The van der Waals surface area contributed by atoms with Gasteiger partial charge in [0.1, 0.15) is 0 Å². The molecule has 0 aliphatic carbocycles. The molecule has 6 nitrogen and oxygen atoms in total. The number of nitrogens with zero attached hydrogens (tertiary/aromatic N) is 1. The van der Waals surface area contributed by atoms with Gasteiger partial charge in [-0.1, -0.05) is 41.9 Å². The Hall–Kier alpha value is -2.86. The van der Waals surface area contributed by atoms with E-state index < -0.39 is 18.5 Å². The topological polar surface area (TPSA) is 75.7 Å². The van der Waals surface area contributed by atoms with E-state index >= 15 is 0 Å². The lowest BCUT2D eigenvalue weighted by Gasteiger charge is -2.19. The number of carbonyl (C=O) groups is 3. The van der Waals surface area contributed by atoms with Crippen molar-refractivity contribution < 1.29 is 19.1 Å². The smallest absolute Gasteiger partial charge is 0.340 e. The fourth-order valence-electron chi connectivity index (χ4n) is 2.86. The number of carbonyl (C=O) groups excluding carboxylic acids is 3. The van der Waals surface area contributed by atoms with E-state index in [-0.39, 0.29) is 11.5 Å². The van der Waals surface area contributed by atoms with Crippen molar-refractivity contribution in [3.05, 3.63) is 64.7 Å². The average Bonchev–Trinajstić information content (AvgIpc) is 3.11. The van der Waals surface area contributed by atoms with Crippen LogP contribution in [0.5, 0.6) is 0 Å². The van der Waals surface area contributed by atoms with E-state index in [9.17, 15) is 14.4 Å². The monoisotopic (exact) mass is 386 g/mol. The second kappa shape index (κ2) is 8.68. The standard InChI is InChI=1S/C20H19ClN2O4/c21-15-8-9-16(17(11-15)23-10-4-7-19(23)25)20(26)27-13-18(24)22-12-14-5-2-1-3-6-14/h1-3,5-6,8-9,11H,4,7,10,12-13H2,(H,22,24). The zero-order valence-electron chi connectivity index (χ0n) is 14.6. The Morgan fingerprint density at radius 3 is 2.63 bits per heavy atom. The van der Waals surface area contributed by atoms with Gasteiger partial charge in [-0.15, -0.1) is 0 Å². The zero-order valence-corrected chi connectivity index (χ0v) is 15.4. The molecule has 0 aromatic heterocycles. The predicted octanol–water partition coefficient (Wildman–Crippen LogP) is 2.94. The van der Waals surface area contributed by atoms with Crippen LogP contribution in [-0.2, 0) is 20.9 Å². The van der Waals surface area contributed by atoms with Crippen LogP contribution in [0, 0.1) is 0 Å². The van der Waals surface area contributed by atoms with Crippen LogP contribution in [0.15, 0.2) is 48.5 Å². The highest BCUT2D eigenvalue weighted by molar-refractivity contribution is 6.31. The minimum absolute atomic E-state index is 0.0630. The highest BCUT2D eigenvalue weighted by Crippen LogP contribution is 2.29. The van der Waals surface area contributed by atoms with Gasteiger partial charge in [0.05, 0.1) is 11.3 Å². The third-order valence-electron chi connectivity index (χ3n) is 4.21. The Kier molecular flexibility index (Phi) is 6.08. The van der Waals surface area contributed by atoms with Crippen molar-refractivity contribution in [2.24, 2.45) is 0 Å². The molecule has 2 aromatic rings. The summed E-state index contributed by atoms with van der Waals surface area (Å²) >= 11 is 6.02. The van der Waals surface area contributed by atoms with Crippen molar-refractivity contribution in [2.45, 2.75) is 19.4 Å². The maximum absolute atomic E-state index is 12.4. The molecule has 140 valence electrons. The number of anilines is 1. The molecule has 2 aromatic carbocycles. The van der Waals surface area contributed by atoms with Crippen LogP contribution >= 0.6 is 11.6 Å². The zero-order chi connectivity index (χ0) is 19.2. The van der Waals surface area contributed by atoms with Crippen molar-refractivity contribution in [3.8, 4) is 0 Å². The molecule has 0 radical (unpaired) electrons. The van der Waals surface area contributed by atoms with Gasteiger partial charge in [-0.2, -0.15) is 0 Å². The second-order valence-corrected chi connectivity index (χ2v) is 6.59. The van der Waals surface area contributed by atoms with Gasteiger partial charge >= 0.3 is 5.97 Å². The van der Waals surface area contributed by atoms with E-state index in [2.05, 4.69) is 5.32 Å². The van der Waals surface area contributed by atoms with Crippen LogP contribution < -0.4 is 10.2 Å². The molecule has 1 N–H and O–H groups in total. The molecule has 1 saturated heterocycles. The molecule has 0 saturated carbocycles. The molecule has 1 aliphatic heterocycles. The number of halogens is 1. The Labute approximate surface area is 162 Å². The van der Waals surface area contributed by atoms with Gasteiger partial charge in [0.25, 0.3) is 5.91 Å². The fraction of sp³-hybridized carbons (Fsp3) is 0.250. The number of nitrogens with one attached hydrogen (secondary N) is 1. The molecule has 2 amide bonds. The molecule has 27 heavy (non-hydrogen) atoms. The first-order valence-electron chi connectivity index (χ1n) is 8.62. The molecule has 0 bridgehead atoms. The molecule has 3 rings (SSSR count). The summed E-state index contributed by atoms with van der Waals surface area (Å²) in [6.07, 6.45) is 1.16. The molecule has 1 heterocycles. The maximum atomic E-state index is 12.4. The van der Waals surface area contributed by atoms with E-state index in [0.717, 1.165) is 12.0 Å². The van der Waals surface area contributed by atoms with Crippen molar-refractivity contribution >= 4 is 35.1 Å². The Morgan fingerprint density at radius 2 is 1.93 bits per heavy atom. The number of rotatable bonds is 6. The van der Waals surface area contributed by atoms with Crippen molar-refractivity contribution in [2.75, 3.05) is 18.1 Å². The summed E-state index contributed by atoms with van der Waals surface area (Å²) in [4.78, 5) is 37.9. The lowest BCUT2D eigenvalue weighted by atomic mass is 10.1. The SMILES string of the molecule is O=C(COC(=O)c1ccc(Cl)cc1N1CCCC1=O)NCc1ccccc1. The lowest BCUT2D eigenvalue weighted by Crippen LogP contribution is -2.29. The summed E-state index contributed by atoms with van der Waals surface area (Å²) in [7, 11) is 0. The van der Waals surface area contributed by atoms with Crippen LogP contribution in [0.2, 0.25) is 5.02 Å². The van der Waals surface area contributed by atoms with E-state index in [4.69, 9.17) is 16.3 Å². The molecular weight excluding hydrogens is 368 g/mol. The first kappa shape index (κ1) is 18.9. The van der Waals surface area contributed by atoms with Crippen LogP contribution in [0.4, 0.5) is 5.69 Å². The van der Waals surface area contributed by atoms with Crippen LogP contribution in [-0.4, -0.2) is 30.9 Å². The summed E-state index contributed by atoms with van der Waals surface area (Å²) in [5.74, 6) is -1.14. The van der Waals surface area contributed by atoms with E-state index in [1.165, 1.54) is 11.0 Å². The highest BCUT2D eigenvalue weighted by Gasteiger charge is 2.27. The van der Waals surface area contributed by atoms with Crippen molar-refractivity contribution in [3.63, 3.8) is 0 Å². The van der Waals surface area contributed by atoms with Crippen LogP contribution in [0.3, 0.4) is 0 Å². The van der Waals surface area contributed by atoms with Crippen molar-refractivity contribution in [1.29, 1.82) is 0 Å². The molecule has 0 unspecified atom stereocenters. The average molecular weight is 387 g/mol. The van der Waals surface area contributed by atoms with E-state index in [1.54, 1.807) is 12.1 Å². The first-order chi connectivity index (χ1) is 13.0. The normalized spacial score (nSPS) is 13.5. The molecule has 1 aliphatic rings. The summed E-state index contributed by atoms with van der Waals surface area (Å²) < 4.78 is 5.12. The number of hydrogen-bond acceptors (Lipinski definition) is 4. The predicted molar refractivity (Wildman–Crippen MR) is 102 cm³/mol. The Bertz CT molecular complexity index is 854. The molecule has 7 heteroatoms. The highest BCUT2D eigenvalue weighted by atomic mass is 35.5. The van der Waals surface area contributed by atoms with Crippen LogP contribution in [0.1, 0.15) is 28.8 Å². The van der Waals surface area contributed by atoms with Gasteiger partial charge in [-0.3, -0.25) is 9.59 Å². The Balaban J connectivity index is 1.61. The number of hydrogen-bond donors (Lipinski definition) is 1. The molecular formula is C20H19ClN2O4. The van der Waals surface area contributed by atoms with Crippen LogP contribution in [0.25, 0.3) is 0 Å². The van der Waals surface area contributed by atoms with Gasteiger partial charge in [0.15, 0.2) is 6.61 Å². The minimum Gasteiger partial charge on any atom is -0.452 e. The number of esters is 1. The van der Waals surface area contributed by atoms with E-state index in [0.29, 0.717) is 30.2 Å². The van der Waals surface area contributed by atoms with Crippen molar-refractivity contribution in [1.82, 2.24) is 5.32 Å². The molecule has 1 fully saturated rings.